The highest BCUT2D eigenvalue weighted by Gasteiger charge is 2.28. The topological polar surface area (TPSA) is 49.4 Å². The maximum atomic E-state index is 12.2. The lowest BCUT2D eigenvalue weighted by Crippen LogP contribution is -2.56. The number of nitrogens with zero attached hydrogens (tertiary/aromatic N) is 1. The van der Waals surface area contributed by atoms with Gasteiger partial charge in [0.1, 0.15) is 6.04 Å². The summed E-state index contributed by atoms with van der Waals surface area (Å²) < 4.78 is 0. The summed E-state index contributed by atoms with van der Waals surface area (Å²) in [6.45, 7) is 4.94. The van der Waals surface area contributed by atoms with Gasteiger partial charge in [0, 0.05) is 18.0 Å². The first-order valence-electron chi connectivity index (χ1n) is 6.35. The van der Waals surface area contributed by atoms with E-state index in [1.807, 2.05) is 31.2 Å². The number of nitrogens with one attached hydrogen (secondary N) is 1. The lowest BCUT2D eigenvalue weighted by atomic mass is 10.2. The van der Waals surface area contributed by atoms with Crippen molar-refractivity contribution in [2.45, 2.75) is 24.8 Å². The number of rotatable bonds is 3. The molecule has 1 aromatic carbocycles. The van der Waals surface area contributed by atoms with Crippen molar-refractivity contribution in [3.05, 3.63) is 29.8 Å². The molecule has 5 heteroatoms. The molecule has 0 bridgehead atoms. The largest absolute Gasteiger partial charge is 0.353 e. The van der Waals surface area contributed by atoms with E-state index in [2.05, 4.69) is 5.32 Å². The summed E-state index contributed by atoms with van der Waals surface area (Å²) in [5, 5.41) is 2.76. The molecule has 0 saturated carbocycles. The smallest absolute Gasteiger partial charge is 0.242 e. The van der Waals surface area contributed by atoms with E-state index in [1.54, 1.807) is 11.8 Å². The SMILES string of the molecule is Cc1ccccc1SCC(=O)N1CCNC(=O)C1C. The number of piperazine rings is 1. The van der Waals surface area contributed by atoms with Crippen molar-refractivity contribution in [2.24, 2.45) is 0 Å². The molecule has 1 saturated heterocycles. The van der Waals surface area contributed by atoms with Crippen LogP contribution >= 0.6 is 11.8 Å². The van der Waals surface area contributed by atoms with Crippen LogP contribution in [0.15, 0.2) is 29.2 Å². The Kier molecular flexibility index (Phi) is 4.47. The van der Waals surface area contributed by atoms with Crippen LogP contribution in [-0.2, 0) is 9.59 Å². The number of benzene rings is 1. The molecule has 2 amide bonds. The van der Waals surface area contributed by atoms with Crippen molar-refractivity contribution >= 4 is 23.6 Å². The molecule has 1 fully saturated rings. The van der Waals surface area contributed by atoms with Gasteiger partial charge in [-0.25, -0.2) is 0 Å². The Balaban J connectivity index is 1.94. The van der Waals surface area contributed by atoms with Gasteiger partial charge in [0.05, 0.1) is 5.75 Å². The normalized spacial score (nSPS) is 19.2. The molecule has 1 unspecified atom stereocenters. The Morgan fingerprint density at radius 2 is 2.21 bits per heavy atom. The molecule has 0 aliphatic carbocycles. The molecule has 4 nitrogen and oxygen atoms in total. The van der Waals surface area contributed by atoms with E-state index >= 15 is 0 Å². The van der Waals surface area contributed by atoms with Crippen LogP contribution in [0, 0.1) is 6.92 Å². The highest BCUT2D eigenvalue weighted by Crippen LogP contribution is 2.22. The van der Waals surface area contributed by atoms with Gasteiger partial charge in [-0.15, -0.1) is 11.8 Å². The average Bonchev–Trinajstić information content (AvgIpc) is 2.40. The van der Waals surface area contributed by atoms with Crippen molar-refractivity contribution < 1.29 is 9.59 Å². The quantitative estimate of drug-likeness (QED) is 0.851. The van der Waals surface area contributed by atoms with Gasteiger partial charge in [-0.05, 0) is 25.5 Å². The molecule has 1 aromatic rings. The van der Waals surface area contributed by atoms with E-state index in [1.165, 1.54) is 17.3 Å². The third-order valence-corrected chi connectivity index (χ3v) is 4.42. The van der Waals surface area contributed by atoms with Crippen molar-refractivity contribution in [1.29, 1.82) is 0 Å². The van der Waals surface area contributed by atoms with Gasteiger partial charge in [-0.1, -0.05) is 18.2 Å². The number of hydrogen-bond acceptors (Lipinski definition) is 3. The van der Waals surface area contributed by atoms with Crippen LogP contribution in [0.25, 0.3) is 0 Å². The molecule has 0 aromatic heterocycles. The third-order valence-electron chi connectivity index (χ3n) is 3.26. The summed E-state index contributed by atoms with van der Waals surface area (Å²) >= 11 is 1.53. The summed E-state index contributed by atoms with van der Waals surface area (Å²) in [5.41, 5.74) is 1.17. The van der Waals surface area contributed by atoms with Crippen LogP contribution in [0.1, 0.15) is 12.5 Å². The first kappa shape index (κ1) is 13.9. The van der Waals surface area contributed by atoms with Gasteiger partial charge in [0.15, 0.2) is 0 Å². The number of thioether (sulfide) groups is 1. The van der Waals surface area contributed by atoms with Crippen LogP contribution < -0.4 is 5.32 Å². The standard InChI is InChI=1S/C14H18N2O2S/c1-10-5-3-4-6-12(10)19-9-13(17)16-8-7-15-14(18)11(16)2/h3-6,11H,7-9H2,1-2H3,(H,15,18). The fourth-order valence-corrected chi connectivity index (χ4v) is 2.98. The minimum Gasteiger partial charge on any atom is -0.353 e. The highest BCUT2D eigenvalue weighted by atomic mass is 32.2. The summed E-state index contributed by atoms with van der Waals surface area (Å²) in [6.07, 6.45) is 0. The molecule has 1 aliphatic rings. The molecule has 1 heterocycles. The first-order chi connectivity index (χ1) is 9.09. The highest BCUT2D eigenvalue weighted by molar-refractivity contribution is 8.00. The zero-order chi connectivity index (χ0) is 13.8. The molecule has 1 aliphatic heterocycles. The molecule has 0 spiro atoms. The fraction of sp³-hybridized carbons (Fsp3) is 0.429. The average molecular weight is 278 g/mol. The van der Waals surface area contributed by atoms with Crippen molar-refractivity contribution in [2.75, 3.05) is 18.8 Å². The van der Waals surface area contributed by atoms with Crippen LogP contribution in [0.4, 0.5) is 0 Å². The second-order valence-electron chi connectivity index (χ2n) is 4.61. The predicted molar refractivity (Wildman–Crippen MR) is 76.1 cm³/mol. The minimum absolute atomic E-state index is 0.0237. The van der Waals surface area contributed by atoms with E-state index in [-0.39, 0.29) is 17.9 Å². The van der Waals surface area contributed by atoms with E-state index < -0.39 is 0 Å². The number of carbonyl (C=O) groups excluding carboxylic acids is 2. The number of amides is 2. The van der Waals surface area contributed by atoms with E-state index in [4.69, 9.17) is 0 Å². The number of carbonyl (C=O) groups is 2. The Morgan fingerprint density at radius 1 is 1.47 bits per heavy atom. The Morgan fingerprint density at radius 3 is 2.95 bits per heavy atom. The van der Waals surface area contributed by atoms with Gasteiger partial charge in [-0.2, -0.15) is 0 Å². The summed E-state index contributed by atoms with van der Waals surface area (Å²) in [5.74, 6) is 0.332. The van der Waals surface area contributed by atoms with Crippen LogP contribution in [0.3, 0.4) is 0 Å². The lowest BCUT2D eigenvalue weighted by Gasteiger charge is -2.32. The van der Waals surface area contributed by atoms with Crippen LogP contribution in [-0.4, -0.2) is 41.6 Å². The van der Waals surface area contributed by atoms with Crippen LogP contribution in [0.2, 0.25) is 0 Å². The van der Waals surface area contributed by atoms with Crippen molar-refractivity contribution in [3.63, 3.8) is 0 Å². The van der Waals surface area contributed by atoms with Crippen LogP contribution in [0.5, 0.6) is 0 Å². The Bertz CT molecular complexity index is 490. The minimum atomic E-state index is -0.362. The zero-order valence-electron chi connectivity index (χ0n) is 11.2. The Hall–Kier alpha value is -1.49. The van der Waals surface area contributed by atoms with E-state index in [0.29, 0.717) is 18.8 Å². The number of hydrogen-bond donors (Lipinski definition) is 1. The third kappa shape index (κ3) is 3.29. The zero-order valence-corrected chi connectivity index (χ0v) is 12.0. The maximum absolute atomic E-state index is 12.2. The van der Waals surface area contributed by atoms with Gasteiger partial charge >= 0.3 is 0 Å². The molecule has 1 atom stereocenters. The fourth-order valence-electron chi connectivity index (χ4n) is 2.06. The summed E-state index contributed by atoms with van der Waals surface area (Å²) in [7, 11) is 0. The van der Waals surface area contributed by atoms with Gasteiger partial charge in [-0.3, -0.25) is 9.59 Å². The summed E-state index contributed by atoms with van der Waals surface area (Å²) in [6, 6.07) is 7.64. The van der Waals surface area contributed by atoms with E-state index in [0.717, 1.165) is 4.90 Å². The molecule has 2 rings (SSSR count). The maximum Gasteiger partial charge on any atom is 0.242 e. The van der Waals surface area contributed by atoms with Gasteiger partial charge in [0.2, 0.25) is 11.8 Å². The predicted octanol–water partition coefficient (Wildman–Crippen LogP) is 1.43. The lowest BCUT2D eigenvalue weighted by molar-refractivity contribution is -0.140. The van der Waals surface area contributed by atoms with Crippen molar-refractivity contribution in [1.82, 2.24) is 10.2 Å². The molecule has 102 valence electrons. The van der Waals surface area contributed by atoms with E-state index in [9.17, 15) is 9.59 Å². The molecular weight excluding hydrogens is 260 g/mol. The second kappa shape index (κ2) is 6.10. The van der Waals surface area contributed by atoms with Crippen molar-refractivity contribution in [3.8, 4) is 0 Å². The Labute approximate surface area is 117 Å². The molecule has 19 heavy (non-hydrogen) atoms. The number of aryl methyl sites for hydroxylation is 1. The molecular formula is C14H18N2O2S. The summed E-state index contributed by atoms with van der Waals surface area (Å²) in [4.78, 5) is 26.5. The monoisotopic (exact) mass is 278 g/mol. The second-order valence-corrected chi connectivity index (χ2v) is 5.63. The van der Waals surface area contributed by atoms with Gasteiger partial charge in [0.25, 0.3) is 0 Å². The molecule has 1 N–H and O–H groups in total. The first-order valence-corrected chi connectivity index (χ1v) is 7.34. The molecule has 0 radical (unpaired) electrons. The van der Waals surface area contributed by atoms with Gasteiger partial charge < -0.3 is 10.2 Å².